The van der Waals surface area contributed by atoms with Crippen molar-refractivity contribution >= 4 is 11.2 Å². The molecule has 68 valence electrons. The summed E-state index contributed by atoms with van der Waals surface area (Å²) in [6.07, 6.45) is -2.96. The van der Waals surface area contributed by atoms with E-state index < -0.39 is 11.9 Å². The van der Waals surface area contributed by atoms with E-state index in [0.29, 0.717) is 5.52 Å². The Labute approximate surface area is 70.6 Å². The van der Waals surface area contributed by atoms with E-state index in [1.165, 1.54) is 12.4 Å². The summed E-state index contributed by atoms with van der Waals surface area (Å²) in [5, 5.41) is 0. The number of hydrogen-bond acceptors (Lipinski definition) is 1. The van der Waals surface area contributed by atoms with E-state index in [1.54, 1.807) is 0 Å². The predicted octanol–water partition coefficient (Wildman–Crippen LogP) is 1.40. The van der Waals surface area contributed by atoms with Crippen LogP contribution in [-0.4, -0.2) is 9.97 Å². The summed E-state index contributed by atoms with van der Waals surface area (Å²) in [4.78, 5) is 8.67. The molecule has 2 heterocycles. The molecule has 6 heteroatoms. The van der Waals surface area contributed by atoms with Gasteiger partial charge in [0.25, 0.3) is 5.65 Å². The maximum absolute atomic E-state index is 12.1. The van der Waals surface area contributed by atoms with Gasteiger partial charge in [-0.1, -0.05) is 4.98 Å². The van der Waals surface area contributed by atoms with Gasteiger partial charge in [-0.2, -0.15) is 13.2 Å². The van der Waals surface area contributed by atoms with Crippen molar-refractivity contribution in [1.29, 1.82) is 0 Å². The predicted molar refractivity (Wildman–Crippen MR) is 37.7 cm³/mol. The van der Waals surface area contributed by atoms with Crippen molar-refractivity contribution in [1.82, 2.24) is 9.97 Å². The van der Waals surface area contributed by atoms with Crippen LogP contribution in [0.2, 0.25) is 0 Å². The van der Waals surface area contributed by atoms with Crippen LogP contribution in [0.5, 0.6) is 0 Å². The first-order valence-corrected chi connectivity index (χ1v) is 3.50. The van der Waals surface area contributed by atoms with Gasteiger partial charge in [0.1, 0.15) is 0 Å². The summed E-state index contributed by atoms with van der Waals surface area (Å²) in [5.74, 6) is 0. The Hall–Kier alpha value is -1.59. The molecule has 2 aromatic rings. The lowest BCUT2D eigenvalue weighted by Crippen LogP contribution is -2.09. The molecule has 0 amide bonds. The quantitative estimate of drug-likeness (QED) is 0.667. The Morgan fingerprint density at radius 3 is 2.77 bits per heavy atom. The van der Waals surface area contributed by atoms with E-state index in [-0.39, 0.29) is 5.65 Å². The zero-order chi connectivity index (χ0) is 9.47. The van der Waals surface area contributed by atoms with Crippen LogP contribution in [0.25, 0.3) is 11.2 Å². The van der Waals surface area contributed by atoms with Gasteiger partial charge in [-0.05, 0) is 12.1 Å². The summed E-state index contributed by atoms with van der Waals surface area (Å²) in [6, 6.07) is 2.27. The van der Waals surface area contributed by atoms with E-state index >= 15 is 0 Å². The Bertz CT molecular complexity index is 432. The Morgan fingerprint density at radius 1 is 1.31 bits per heavy atom. The van der Waals surface area contributed by atoms with Crippen molar-refractivity contribution in [3.63, 3.8) is 0 Å². The molecule has 0 saturated heterocycles. The van der Waals surface area contributed by atoms with Crippen molar-refractivity contribution in [3.05, 3.63) is 24.2 Å². The lowest BCUT2D eigenvalue weighted by molar-refractivity contribution is -0.347. The molecular weight excluding hydrogens is 183 g/mol. The summed E-state index contributed by atoms with van der Waals surface area (Å²) < 4.78 is 36.4. The van der Waals surface area contributed by atoms with Gasteiger partial charge in [-0.3, -0.25) is 4.98 Å². The Morgan fingerprint density at radius 2 is 2.08 bits per heavy atom. The molecule has 0 saturated carbocycles. The summed E-state index contributed by atoms with van der Waals surface area (Å²) in [5.41, 5.74) is -0.140. The smallest absolute Gasteiger partial charge is 0.274 e. The fourth-order valence-corrected chi connectivity index (χ4v) is 1.03. The number of aromatic amines is 2. The van der Waals surface area contributed by atoms with Gasteiger partial charge in [0, 0.05) is 0 Å². The molecule has 2 aromatic heterocycles. The third-order valence-electron chi connectivity index (χ3n) is 1.62. The van der Waals surface area contributed by atoms with Crippen LogP contribution in [0.3, 0.4) is 0 Å². The first-order valence-electron chi connectivity index (χ1n) is 3.50. The lowest BCUT2D eigenvalue weighted by atomic mass is 10.3. The number of fused-ring (bicyclic) bond motifs is 1. The minimum absolute atomic E-state index is 0.204. The minimum Gasteiger partial charge on any atom is -0.274 e. The second kappa shape index (κ2) is 2.45. The number of hydrogen-bond donors (Lipinski definition) is 1. The largest absolute Gasteiger partial charge is 0.449 e. The number of halogens is 3. The molecule has 0 aromatic carbocycles. The third-order valence-corrected chi connectivity index (χ3v) is 1.62. The normalized spacial score (nSPS) is 12.2. The maximum atomic E-state index is 12.1. The van der Waals surface area contributed by atoms with Crippen LogP contribution in [0.15, 0.2) is 18.5 Å². The highest BCUT2D eigenvalue weighted by atomic mass is 19.4. The van der Waals surface area contributed by atoms with E-state index in [2.05, 4.69) is 15.0 Å². The lowest BCUT2D eigenvalue weighted by Gasteiger charge is -1.99. The maximum Gasteiger partial charge on any atom is 0.449 e. The van der Waals surface area contributed by atoms with Crippen molar-refractivity contribution < 1.29 is 18.2 Å². The van der Waals surface area contributed by atoms with Gasteiger partial charge in [0.2, 0.25) is 5.69 Å². The number of rotatable bonds is 0. The number of H-pyrrole nitrogens is 2. The van der Waals surface area contributed by atoms with Crippen molar-refractivity contribution in [3.8, 4) is 0 Å². The second-order valence-corrected chi connectivity index (χ2v) is 2.52. The molecule has 3 nitrogen and oxygen atoms in total. The van der Waals surface area contributed by atoms with Crippen molar-refractivity contribution in [2.45, 2.75) is 6.18 Å². The zero-order valence-corrected chi connectivity index (χ0v) is 6.31. The highest BCUT2D eigenvalue weighted by molar-refractivity contribution is 5.65. The first-order chi connectivity index (χ1) is 6.07. The average molecular weight is 188 g/mol. The van der Waals surface area contributed by atoms with Crippen molar-refractivity contribution in [2.24, 2.45) is 0 Å². The van der Waals surface area contributed by atoms with Gasteiger partial charge in [-0.25, -0.2) is 4.98 Å². The number of aromatic nitrogens is 3. The average Bonchev–Trinajstić information content (AvgIpc) is 2.47. The summed E-state index contributed by atoms with van der Waals surface area (Å²) >= 11 is 0. The molecule has 0 spiro atoms. The Kier molecular flexibility index (Phi) is 1.51. The highest BCUT2D eigenvalue weighted by Crippen LogP contribution is 2.27. The molecule has 13 heavy (non-hydrogen) atoms. The van der Waals surface area contributed by atoms with E-state index in [1.807, 2.05) is 0 Å². The SMILES string of the molecule is FC(F)(F)c1ccc2[nH]c[nH+]c2n1. The van der Waals surface area contributed by atoms with Crippen LogP contribution in [0.1, 0.15) is 5.69 Å². The van der Waals surface area contributed by atoms with Gasteiger partial charge in [-0.15, -0.1) is 0 Å². The summed E-state index contributed by atoms with van der Waals surface area (Å²) in [7, 11) is 0. The molecule has 2 rings (SSSR count). The molecule has 2 N–H and O–H groups in total. The van der Waals surface area contributed by atoms with Crippen LogP contribution >= 0.6 is 0 Å². The van der Waals surface area contributed by atoms with Gasteiger partial charge in [0.05, 0.1) is 0 Å². The standard InChI is InChI=1S/C7H4F3N3/c8-7(9,10)5-2-1-4-6(13-5)12-3-11-4/h1-3H,(H,11,12,13)/p+1. The number of imidazole rings is 1. The second-order valence-electron chi connectivity index (χ2n) is 2.52. The molecule has 0 unspecified atom stereocenters. The molecule has 0 aliphatic rings. The monoisotopic (exact) mass is 188 g/mol. The van der Waals surface area contributed by atoms with E-state index in [4.69, 9.17) is 0 Å². The molecule has 0 radical (unpaired) electrons. The van der Waals surface area contributed by atoms with E-state index in [9.17, 15) is 13.2 Å². The molecule has 0 aliphatic heterocycles. The van der Waals surface area contributed by atoms with Crippen LogP contribution < -0.4 is 4.98 Å². The number of nitrogens with zero attached hydrogens (tertiary/aromatic N) is 1. The topological polar surface area (TPSA) is 42.8 Å². The number of alkyl halides is 3. The Balaban J connectivity index is 2.61. The minimum atomic E-state index is -4.39. The molecule has 0 fully saturated rings. The van der Waals surface area contributed by atoms with Crippen LogP contribution in [-0.2, 0) is 6.18 Å². The van der Waals surface area contributed by atoms with Gasteiger partial charge in [0.15, 0.2) is 11.8 Å². The summed E-state index contributed by atoms with van der Waals surface area (Å²) in [6.45, 7) is 0. The molecule has 0 atom stereocenters. The molecular formula is C7H5F3N3+. The van der Waals surface area contributed by atoms with E-state index in [0.717, 1.165) is 6.07 Å². The molecule has 0 aliphatic carbocycles. The fraction of sp³-hybridized carbons (Fsp3) is 0.143. The van der Waals surface area contributed by atoms with Crippen LogP contribution in [0.4, 0.5) is 13.2 Å². The molecule has 0 bridgehead atoms. The van der Waals surface area contributed by atoms with Crippen LogP contribution in [0, 0.1) is 0 Å². The first kappa shape index (κ1) is 8.03. The van der Waals surface area contributed by atoms with Gasteiger partial charge < -0.3 is 0 Å². The number of pyridine rings is 1. The number of nitrogens with one attached hydrogen (secondary N) is 2. The fourth-order valence-electron chi connectivity index (χ4n) is 1.03. The highest BCUT2D eigenvalue weighted by Gasteiger charge is 2.35. The van der Waals surface area contributed by atoms with Gasteiger partial charge >= 0.3 is 6.18 Å². The third kappa shape index (κ3) is 1.34. The van der Waals surface area contributed by atoms with Crippen molar-refractivity contribution in [2.75, 3.05) is 0 Å². The zero-order valence-electron chi connectivity index (χ0n) is 6.31.